The topological polar surface area (TPSA) is 24.5 Å². The van der Waals surface area contributed by atoms with Crippen LogP contribution < -0.4 is 15.0 Å². The van der Waals surface area contributed by atoms with Crippen LogP contribution in [0, 0.1) is 0 Å². The lowest BCUT2D eigenvalue weighted by Gasteiger charge is -2.30. The fourth-order valence-electron chi connectivity index (χ4n) is 2.24. The molecule has 88 valence electrons. The molecule has 1 aliphatic rings. The van der Waals surface area contributed by atoms with Crippen LogP contribution in [0.4, 0.5) is 5.69 Å². The highest BCUT2D eigenvalue weighted by Crippen LogP contribution is 2.29. The molecule has 1 atom stereocenters. The van der Waals surface area contributed by atoms with Crippen molar-refractivity contribution in [3.05, 3.63) is 24.3 Å². The molecule has 16 heavy (non-hydrogen) atoms. The summed E-state index contributed by atoms with van der Waals surface area (Å²) >= 11 is 0. The number of ether oxygens (including phenoxy) is 1. The van der Waals surface area contributed by atoms with Gasteiger partial charge in [-0.2, -0.15) is 0 Å². The first-order valence-electron chi connectivity index (χ1n) is 5.93. The van der Waals surface area contributed by atoms with Crippen LogP contribution in [0.25, 0.3) is 0 Å². The predicted octanol–water partition coefficient (Wildman–Crippen LogP) is 1.88. The van der Waals surface area contributed by atoms with Gasteiger partial charge < -0.3 is 15.0 Å². The van der Waals surface area contributed by atoms with E-state index in [0.29, 0.717) is 6.04 Å². The highest BCUT2D eigenvalue weighted by Gasteiger charge is 2.19. The van der Waals surface area contributed by atoms with E-state index in [2.05, 4.69) is 29.3 Å². The first kappa shape index (κ1) is 11.3. The van der Waals surface area contributed by atoms with Gasteiger partial charge in [-0.15, -0.1) is 0 Å². The quantitative estimate of drug-likeness (QED) is 0.823. The van der Waals surface area contributed by atoms with Crippen LogP contribution in [0.3, 0.4) is 0 Å². The van der Waals surface area contributed by atoms with E-state index in [1.807, 2.05) is 12.1 Å². The highest BCUT2D eigenvalue weighted by molar-refractivity contribution is 5.59. The summed E-state index contributed by atoms with van der Waals surface area (Å²) in [6.07, 6.45) is 1.18. The van der Waals surface area contributed by atoms with E-state index in [4.69, 9.17) is 4.74 Å². The van der Waals surface area contributed by atoms with E-state index in [0.717, 1.165) is 25.4 Å². The molecule has 1 aliphatic heterocycles. The molecule has 0 radical (unpaired) electrons. The van der Waals surface area contributed by atoms with Gasteiger partial charge >= 0.3 is 0 Å². The first-order chi connectivity index (χ1) is 7.83. The number of nitrogens with zero attached hydrogens (tertiary/aromatic N) is 1. The molecular weight excluding hydrogens is 200 g/mol. The molecule has 1 aromatic carbocycles. The van der Waals surface area contributed by atoms with Gasteiger partial charge in [0.2, 0.25) is 0 Å². The molecule has 1 heterocycles. The molecule has 0 amide bonds. The maximum atomic E-state index is 5.43. The van der Waals surface area contributed by atoms with Crippen LogP contribution >= 0.6 is 0 Å². The van der Waals surface area contributed by atoms with E-state index in [-0.39, 0.29) is 0 Å². The Morgan fingerprint density at radius 2 is 2.12 bits per heavy atom. The summed E-state index contributed by atoms with van der Waals surface area (Å²) in [7, 11) is 1.74. The summed E-state index contributed by atoms with van der Waals surface area (Å²) < 4.78 is 5.43. The third-order valence-corrected chi connectivity index (χ3v) is 3.20. The summed E-state index contributed by atoms with van der Waals surface area (Å²) in [5.41, 5.74) is 1.21. The molecule has 1 saturated heterocycles. The number of para-hydroxylation sites is 2. The minimum atomic E-state index is 0.561. The predicted molar refractivity (Wildman–Crippen MR) is 67.3 cm³/mol. The molecule has 0 saturated carbocycles. The number of hydrogen-bond acceptors (Lipinski definition) is 3. The summed E-state index contributed by atoms with van der Waals surface area (Å²) in [6.45, 7) is 5.47. The number of methoxy groups -OCH3 is 1. The molecule has 1 aromatic rings. The Balaban J connectivity index is 2.26. The largest absolute Gasteiger partial charge is 0.495 e. The Hall–Kier alpha value is -1.22. The van der Waals surface area contributed by atoms with Crippen molar-refractivity contribution < 1.29 is 4.74 Å². The molecule has 0 spiro atoms. The minimum absolute atomic E-state index is 0.561. The van der Waals surface area contributed by atoms with Crippen molar-refractivity contribution >= 4 is 5.69 Å². The number of nitrogens with one attached hydrogen (secondary N) is 1. The monoisotopic (exact) mass is 220 g/mol. The van der Waals surface area contributed by atoms with Crippen molar-refractivity contribution in [2.45, 2.75) is 19.4 Å². The number of benzene rings is 1. The second-order valence-corrected chi connectivity index (χ2v) is 4.25. The average molecular weight is 220 g/mol. The van der Waals surface area contributed by atoms with Crippen molar-refractivity contribution in [3.63, 3.8) is 0 Å². The van der Waals surface area contributed by atoms with Crippen molar-refractivity contribution in [2.24, 2.45) is 0 Å². The van der Waals surface area contributed by atoms with Crippen LogP contribution in [0.2, 0.25) is 0 Å². The maximum Gasteiger partial charge on any atom is 0.142 e. The molecule has 3 nitrogen and oxygen atoms in total. The van der Waals surface area contributed by atoms with Crippen LogP contribution in [0.1, 0.15) is 13.3 Å². The van der Waals surface area contributed by atoms with Gasteiger partial charge in [0.05, 0.1) is 12.8 Å². The zero-order chi connectivity index (χ0) is 11.4. The lowest BCUT2D eigenvalue weighted by Crippen LogP contribution is -2.34. The van der Waals surface area contributed by atoms with E-state index >= 15 is 0 Å². The average Bonchev–Trinajstić information content (AvgIpc) is 2.54. The normalized spacial score (nSPS) is 21.6. The Morgan fingerprint density at radius 3 is 2.94 bits per heavy atom. The maximum absolute atomic E-state index is 5.43. The van der Waals surface area contributed by atoms with E-state index in [1.165, 1.54) is 12.1 Å². The van der Waals surface area contributed by atoms with Crippen molar-refractivity contribution in [1.29, 1.82) is 0 Å². The first-order valence-corrected chi connectivity index (χ1v) is 5.93. The van der Waals surface area contributed by atoms with Crippen LogP contribution in [-0.4, -0.2) is 32.8 Å². The third-order valence-electron chi connectivity index (χ3n) is 3.20. The Labute approximate surface area is 97.4 Å². The fraction of sp³-hybridized carbons (Fsp3) is 0.538. The van der Waals surface area contributed by atoms with E-state index < -0.39 is 0 Å². The number of anilines is 1. The van der Waals surface area contributed by atoms with Crippen molar-refractivity contribution in [3.8, 4) is 5.75 Å². The van der Waals surface area contributed by atoms with E-state index in [1.54, 1.807) is 7.11 Å². The third kappa shape index (κ3) is 2.30. The second kappa shape index (κ2) is 5.21. The van der Waals surface area contributed by atoms with Crippen LogP contribution in [0.15, 0.2) is 24.3 Å². The SMILES string of the molecule is COc1ccccc1N1CCNCCC1C. The molecule has 2 rings (SSSR count). The molecule has 1 fully saturated rings. The molecule has 0 bridgehead atoms. The molecule has 3 heteroatoms. The minimum Gasteiger partial charge on any atom is -0.495 e. The highest BCUT2D eigenvalue weighted by atomic mass is 16.5. The van der Waals surface area contributed by atoms with E-state index in [9.17, 15) is 0 Å². The van der Waals surface area contributed by atoms with Crippen molar-refractivity contribution in [2.75, 3.05) is 31.6 Å². The van der Waals surface area contributed by atoms with Gasteiger partial charge in [0.1, 0.15) is 5.75 Å². The molecule has 1 unspecified atom stereocenters. The van der Waals surface area contributed by atoms with Gasteiger partial charge in [0.25, 0.3) is 0 Å². The van der Waals surface area contributed by atoms with Gasteiger partial charge in [0.15, 0.2) is 0 Å². The molecule has 0 aromatic heterocycles. The number of hydrogen-bond donors (Lipinski definition) is 1. The molecular formula is C13H20N2O. The van der Waals surface area contributed by atoms with Crippen LogP contribution in [0.5, 0.6) is 5.75 Å². The summed E-state index contributed by atoms with van der Waals surface area (Å²) in [6, 6.07) is 8.82. The Morgan fingerprint density at radius 1 is 1.31 bits per heavy atom. The van der Waals surface area contributed by atoms with Gasteiger partial charge in [-0.25, -0.2) is 0 Å². The summed E-state index contributed by atoms with van der Waals surface area (Å²) in [5, 5.41) is 3.43. The van der Waals surface area contributed by atoms with Gasteiger partial charge in [-0.3, -0.25) is 0 Å². The number of rotatable bonds is 2. The molecule has 0 aliphatic carbocycles. The zero-order valence-corrected chi connectivity index (χ0v) is 10.1. The van der Waals surface area contributed by atoms with Gasteiger partial charge in [-0.05, 0) is 32.0 Å². The fourth-order valence-corrected chi connectivity index (χ4v) is 2.24. The smallest absolute Gasteiger partial charge is 0.142 e. The summed E-state index contributed by atoms with van der Waals surface area (Å²) in [5.74, 6) is 0.969. The summed E-state index contributed by atoms with van der Waals surface area (Å²) in [4.78, 5) is 2.43. The lowest BCUT2D eigenvalue weighted by molar-refractivity contribution is 0.413. The Kier molecular flexibility index (Phi) is 3.67. The van der Waals surface area contributed by atoms with Gasteiger partial charge in [-0.1, -0.05) is 12.1 Å². The van der Waals surface area contributed by atoms with Crippen LogP contribution in [-0.2, 0) is 0 Å². The van der Waals surface area contributed by atoms with Gasteiger partial charge in [0, 0.05) is 19.1 Å². The van der Waals surface area contributed by atoms with Crippen molar-refractivity contribution in [1.82, 2.24) is 5.32 Å². The second-order valence-electron chi connectivity index (χ2n) is 4.25. The molecule has 1 N–H and O–H groups in total. The Bertz CT molecular complexity index is 340. The zero-order valence-electron chi connectivity index (χ0n) is 10.1. The lowest BCUT2D eigenvalue weighted by atomic mass is 10.1. The standard InChI is InChI=1S/C13H20N2O/c1-11-7-8-14-9-10-15(11)12-5-3-4-6-13(12)16-2/h3-6,11,14H,7-10H2,1-2H3.